The van der Waals surface area contributed by atoms with Crippen molar-refractivity contribution in [2.45, 2.75) is 0 Å². The standard InChI is InChI=1S/C7H4ClNOS/c8-7-4-3-9-11-6(4)2-1-5(7)10/h1-3,10H. The number of hydrogen-bond acceptors (Lipinski definition) is 3. The van der Waals surface area contributed by atoms with Crippen molar-refractivity contribution >= 4 is 33.2 Å². The van der Waals surface area contributed by atoms with E-state index in [2.05, 4.69) is 4.37 Å². The fourth-order valence-electron chi connectivity index (χ4n) is 0.899. The summed E-state index contributed by atoms with van der Waals surface area (Å²) in [6.07, 6.45) is 1.65. The van der Waals surface area contributed by atoms with Gasteiger partial charge in [-0.1, -0.05) is 11.6 Å². The Morgan fingerprint density at radius 2 is 2.27 bits per heavy atom. The Bertz CT molecular complexity index is 398. The molecule has 0 saturated heterocycles. The molecule has 0 radical (unpaired) electrons. The minimum Gasteiger partial charge on any atom is -0.506 e. The molecule has 0 aliphatic rings. The first kappa shape index (κ1) is 6.88. The number of hydrogen-bond donors (Lipinski definition) is 1. The molecule has 0 bridgehead atoms. The maximum atomic E-state index is 9.18. The lowest BCUT2D eigenvalue weighted by Gasteiger charge is -1.94. The van der Waals surface area contributed by atoms with Crippen LogP contribution in [-0.4, -0.2) is 9.48 Å². The monoisotopic (exact) mass is 185 g/mol. The molecule has 0 amide bonds. The van der Waals surface area contributed by atoms with Crippen molar-refractivity contribution in [2.75, 3.05) is 0 Å². The van der Waals surface area contributed by atoms with E-state index in [-0.39, 0.29) is 5.75 Å². The maximum Gasteiger partial charge on any atom is 0.134 e. The van der Waals surface area contributed by atoms with E-state index in [1.165, 1.54) is 11.5 Å². The van der Waals surface area contributed by atoms with Crippen molar-refractivity contribution in [3.8, 4) is 5.75 Å². The lowest BCUT2D eigenvalue weighted by molar-refractivity contribution is 0.476. The molecule has 11 heavy (non-hydrogen) atoms. The van der Waals surface area contributed by atoms with Gasteiger partial charge in [0.25, 0.3) is 0 Å². The van der Waals surface area contributed by atoms with Crippen LogP contribution >= 0.6 is 23.1 Å². The van der Waals surface area contributed by atoms with Crippen molar-refractivity contribution in [3.05, 3.63) is 23.4 Å². The van der Waals surface area contributed by atoms with Gasteiger partial charge in [0.2, 0.25) is 0 Å². The molecule has 0 aliphatic carbocycles. The molecular formula is C7H4ClNOS. The van der Waals surface area contributed by atoms with Gasteiger partial charge in [0.1, 0.15) is 5.75 Å². The normalized spacial score (nSPS) is 10.6. The third kappa shape index (κ3) is 0.968. The zero-order valence-electron chi connectivity index (χ0n) is 5.41. The van der Waals surface area contributed by atoms with Gasteiger partial charge < -0.3 is 5.11 Å². The number of fused-ring (bicyclic) bond motifs is 1. The number of nitrogens with zero attached hydrogens (tertiary/aromatic N) is 1. The lowest BCUT2D eigenvalue weighted by Crippen LogP contribution is -1.67. The molecule has 1 N–H and O–H groups in total. The van der Waals surface area contributed by atoms with Crippen molar-refractivity contribution in [2.24, 2.45) is 0 Å². The third-order valence-electron chi connectivity index (χ3n) is 1.45. The largest absolute Gasteiger partial charge is 0.506 e. The molecular weight excluding hydrogens is 182 g/mol. The lowest BCUT2D eigenvalue weighted by atomic mass is 10.3. The van der Waals surface area contributed by atoms with Crippen LogP contribution in [0.25, 0.3) is 10.1 Å². The van der Waals surface area contributed by atoms with Crippen molar-refractivity contribution in [1.82, 2.24) is 4.37 Å². The molecule has 56 valence electrons. The van der Waals surface area contributed by atoms with Crippen LogP contribution in [0.15, 0.2) is 18.3 Å². The van der Waals surface area contributed by atoms with Crippen LogP contribution in [0.4, 0.5) is 0 Å². The quantitative estimate of drug-likeness (QED) is 0.685. The van der Waals surface area contributed by atoms with Crippen LogP contribution in [0.3, 0.4) is 0 Å². The van der Waals surface area contributed by atoms with Crippen LogP contribution in [0.2, 0.25) is 5.02 Å². The van der Waals surface area contributed by atoms with E-state index in [1.54, 1.807) is 18.3 Å². The van der Waals surface area contributed by atoms with Crippen molar-refractivity contribution in [1.29, 1.82) is 0 Å². The molecule has 2 rings (SSSR count). The van der Waals surface area contributed by atoms with Crippen molar-refractivity contribution in [3.63, 3.8) is 0 Å². The van der Waals surface area contributed by atoms with Crippen LogP contribution in [-0.2, 0) is 0 Å². The van der Waals surface area contributed by atoms with Gasteiger partial charge in [0, 0.05) is 5.39 Å². The first-order valence-electron chi connectivity index (χ1n) is 3.01. The first-order chi connectivity index (χ1) is 5.29. The summed E-state index contributed by atoms with van der Waals surface area (Å²) >= 11 is 7.15. The predicted molar refractivity (Wildman–Crippen MR) is 46.3 cm³/mol. The molecule has 2 aromatic rings. The van der Waals surface area contributed by atoms with Crippen molar-refractivity contribution < 1.29 is 5.11 Å². The topological polar surface area (TPSA) is 33.1 Å². The van der Waals surface area contributed by atoms with Gasteiger partial charge in [-0.2, -0.15) is 4.37 Å². The zero-order chi connectivity index (χ0) is 7.84. The van der Waals surface area contributed by atoms with E-state index in [1.807, 2.05) is 0 Å². The number of phenolic OH excluding ortho intramolecular Hbond substituents is 1. The average molecular weight is 186 g/mol. The summed E-state index contributed by atoms with van der Waals surface area (Å²) in [5, 5.41) is 10.4. The Morgan fingerprint density at radius 1 is 1.45 bits per heavy atom. The fourth-order valence-corrected chi connectivity index (χ4v) is 1.82. The van der Waals surface area contributed by atoms with Crippen LogP contribution < -0.4 is 0 Å². The number of aromatic nitrogens is 1. The highest BCUT2D eigenvalue weighted by molar-refractivity contribution is 7.13. The summed E-state index contributed by atoms with van der Waals surface area (Å²) in [6.45, 7) is 0. The van der Waals surface area contributed by atoms with Crippen LogP contribution in [0, 0.1) is 0 Å². The number of halogens is 1. The third-order valence-corrected chi connectivity index (χ3v) is 2.61. The summed E-state index contributed by atoms with van der Waals surface area (Å²) in [5.41, 5.74) is 0. The van der Waals surface area contributed by atoms with Gasteiger partial charge in [-0.3, -0.25) is 0 Å². The fraction of sp³-hybridized carbons (Fsp3) is 0. The molecule has 1 heterocycles. The molecule has 0 unspecified atom stereocenters. The van der Waals surface area contributed by atoms with E-state index < -0.39 is 0 Å². The molecule has 0 atom stereocenters. The van der Waals surface area contributed by atoms with E-state index >= 15 is 0 Å². The Morgan fingerprint density at radius 3 is 3.09 bits per heavy atom. The number of aromatic hydroxyl groups is 1. The average Bonchev–Trinajstić information content (AvgIpc) is 2.45. The highest BCUT2D eigenvalue weighted by Crippen LogP contribution is 2.32. The molecule has 1 aromatic carbocycles. The van der Waals surface area contributed by atoms with Gasteiger partial charge in [-0.25, -0.2) is 0 Å². The molecule has 0 saturated carbocycles. The molecule has 0 fully saturated rings. The van der Waals surface area contributed by atoms with E-state index in [9.17, 15) is 5.11 Å². The Balaban J connectivity index is 2.93. The maximum absolute atomic E-state index is 9.18. The number of rotatable bonds is 0. The second-order valence-electron chi connectivity index (χ2n) is 2.14. The second kappa shape index (κ2) is 2.36. The summed E-state index contributed by atoms with van der Waals surface area (Å²) < 4.78 is 4.94. The Labute approximate surface area is 72.2 Å². The minimum absolute atomic E-state index is 0.111. The van der Waals surface area contributed by atoms with E-state index in [4.69, 9.17) is 11.6 Å². The molecule has 2 nitrogen and oxygen atoms in total. The highest BCUT2D eigenvalue weighted by Gasteiger charge is 2.04. The van der Waals surface area contributed by atoms with Crippen LogP contribution in [0.1, 0.15) is 0 Å². The Kier molecular flexibility index (Phi) is 1.47. The Hall–Kier alpha value is -0.800. The highest BCUT2D eigenvalue weighted by atomic mass is 35.5. The number of benzene rings is 1. The molecule has 1 aromatic heterocycles. The molecule has 0 spiro atoms. The summed E-state index contributed by atoms with van der Waals surface area (Å²) in [5.74, 6) is 0.111. The summed E-state index contributed by atoms with van der Waals surface area (Å²) in [6, 6.07) is 3.37. The van der Waals surface area contributed by atoms with E-state index in [0.29, 0.717) is 5.02 Å². The van der Waals surface area contributed by atoms with Crippen LogP contribution in [0.5, 0.6) is 5.75 Å². The summed E-state index contributed by atoms with van der Waals surface area (Å²) in [7, 11) is 0. The van der Waals surface area contributed by atoms with Gasteiger partial charge in [-0.05, 0) is 23.7 Å². The van der Waals surface area contributed by atoms with Gasteiger partial charge in [-0.15, -0.1) is 0 Å². The number of phenols is 1. The van der Waals surface area contributed by atoms with Gasteiger partial charge in [0.05, 0.1) is 15.9 Å². The van der Waals surface area contributed by atoms with Gasteiger partial charge >= 0.3 is 0 Å². The molecule has 0 aliphatic heterocycles. The zero-order valence-corrected chi connectivity index (χ0v) is 6.99. The first-order valence-corrected chi connectivity index (χ1v) is 4.16. The molecule has 4 heteroatoms. The SMILES string of the molecule is Oc1ccc2sncc2c1Cl. The second-order valence-corrected chi connectivity index (χ2v) is 3.35. The summed E-state index contributed by atoms with van der Waals surface area (Å²) in [4.78, 5) is 0. The van der Waals surface area contributed by atoms with Gasteiger partial charge in [0.15, 0.2) is 0 Å². The van der Waals surface area contributed by atoms with E-state index in [0.717, 1.165) is 10.1 Å². The predicted octanol–water partition coefficient (Wildman–Crippen LogP) is 2.66. The minimum atomic E-state index is 0.111. The smallest absolute Gasteiger partial charge is 0.134 e.